The Bertz CT molecular complexity index is 760. The minimum absolute atomic E-state index is 1.04. The molecule has 0 spiro atoms. The zero-order valence-electron chi connectivity index (χ0n) is 26.7. The standard InChI is InChI=1S/C38H64N2/c1-3-5-7-9-11-13-15-17-19-21-23-25-27-35-29-31-39-37(33-35)38-34-36(30-32-40-38)28-26-24-22-20-18-16-14-12-10-8-6-4-2/h29-34H,3-28H2,1-2H3. The SMILES string of the molecule is CCCCCCCCCCCCCCc1ccnc(-c2cc(CCCCCCCCCCCCCC)ccn2)c1. The van der Waals surface area contributed by atoms with Gasteiger partial charge in [0, 0.05) is 12.4 Å². The van der Waals surface area contributed by atoms with Crippen molar-refractivity contribution in [3.8, 4) is 11.4 Å². The molecule has 0 amide bonds. The third kappa shape index (κ3) is 17.9. The molecule has 0 radical (unpaired) electrons. The molecule has 0 N–H and O–H groups in total. The third-order valence-electron chi connectivity index (χ3n) is 8.55. The Morgan fingerprint density at radius 3 is 0.950 bits per heavy atom. The van der Waals surface area contributed by atoms with E-state index >= 15 is 0 Å². The van der Waals surface area contributed by atoms with Gasteiger partial charge in [-0.05, 0) is 61.1 Å². The maximum absolute atomic E-state index is 4.66. The highest BCUT2D eigenvalue weighted by molar-refractivity contribution is 5.55. The molecule has 0 saturated heterocycles. The van der Waals surface area contributed by atoms with Gasteiger partial charge >= 0.3 is 0 Å². The lowest BCUT2D eigenvalue weighted by Gasteiger charge is -2.07. The molecular weight excluding hydrogens is 484 g/mol. The Kier molecular flexibility index (Phi) is 21.6. The number of nitrogens with zero attached hydrogens (tertiary/aromatic N) is 2. The maximum atomic E-state index is 4.66. The summed E-state index contributed by atoms with van der Waals surface area (Å²) in [6, 6.07) is 8.93. The highest BCUT2D eigenvalue weighted by atomic mass is 14.8. The van der Waals surface area contributed by atoms with E-state index in [1.807, 2.05) is 12.4 Å². The molecule has 0 aliphatic heterocycles. The van der Waals surface area contributed by atoms with Gasteiger partial charge in [-0.3, -0.25) is 9.97 Å². The Morgan fingerprint density at radius 1 is 0.375 bits per heavy atom. The molecule has 0 bridgehead atoms. The summed E-state index contributed by atoms with van der Waals surface area (Å²) in [7, 11) is 0. The van der Waals surface area contributed by atoms with Crippen LogP contribution in [0.4, 0.5) is 0 Å². The molecule has 0 unspecified atom stereocenters. The van der Waals surface area contributed by atoms with Crippen molar-refractivity contribution in [1.29, 1.82) is 0 Å². The first-order chi connectivity index (χ1) is 19.8. The summed E-state index contributed by atoms with van der Waals surface area (Å²) in [5.41, 5.74) is 4.89. The van der Waals surface area contributed by atoms with E-state index in [1.54, 1.807) is 0 Å². The second-order valence-electron chi connectivity index (χ2n) is 12.4. The topological polar surface area (TPSA) is 25.8 Å². The molecule has 2 heterocycles. The Morgan fingerprint density at radius 2 is 0.650 bits per heavy atom. The van der Waals surface area contributed by atoms with E-state index in [1.165, 1.54) is 165 Å². The summed E-state index contributed by atoms with van der Waals surface area (Å²) in [6.45, 7) is 4.59. The number of unbranched alkanes of at least 4 members (excludes halogenated alkanes) is 22. The predicted molar refractivity (Wildman–Crippen MR) is 177 cm³/mol. The molecule has 40 heavy (non-hydrogen) atoms. The summed E-state index contributed by atoms with van der Waals surface area (Å²) in [4.78, 5) is 9.33. The van der Waals surface area contributed by atoms with Crippen LogP contribution >= 0.6 is 0 Å². The molecule has 2 rings (SSSR count). The van der Waals surface area contributed by atoms with Crippen molar-refractivity contribution in [3.05, 3.63) is 47.8 Å². The summed E-state index contributed by atoms with van der Waals surface area (Å²) in [6.07, 6.45) is 39.9. The van der Waals surface area contributed by atoms with Crippen molar-refractivity contribution < 1.29 is 0 Å². The van der Waals surface area contributed by atoms with Gasteiger partial charge in [0.2, 0.25) is 0 Å². The number of hydrogen-bond acceptors (Lipinski definition) is 2. The van der Waals surface area contributed by atoms with Gasteiger partial charge in [-0.2, -0.15) is 0 Å². The first-order valence-corrected chi connectivity index (χ1v) is 17.7. The van der Waals surface area contributed by atoms with Crippen LogP contribution in [0.2, 0.25) is 0 Å². The van der Waals surface area contributed by atoms with Crippen LogP contribution in [0.3, 0.4) is 0 Å². The molecule has 0 atom stereocenters. The monoisotopic (exact) mass is 549 g/mol. The summed E-state index contributed by atoms with van der Waals surface area (Å²) >= 11 is 0. The lowest BCUT2D eigenvalue weighted by molar-refractivity contribution is 0.544. The zero-order chi connectivity index (χ0) is 28.4. The average molecular weight is 549 g/mol. The maximum Gasteiger partial charge on any atom is 0.0888 e. The number of pyridine rings is 2. The Hall–Kier alpha value is -1.70. The van der Waals surface area contributed by atoms with Gasteiger partial charge in [0.05, 0.1) is 11.4 Å². The van der Waals surface area contributed by atoms with Crippen LogP contribution in [0.25, 0.3) is 11.4 Å². The average Bonchev–Trinajstić information content (AvgIpc) is 2.98. The van der Waals surface area contributed by atoms with Gasteiger partial charge in [0.25, 0.3) is 0 Å². The fraction of sp³-hybridized carbons (Fsp3) is 0.737. The van der Waals surface area contributed by atoms with Crippen LogP contribution in [0.15, 0.2) is 36.7 Å². The van der Waals surface area contributed by atoms with Gasteiger partial charge in [0.1, 0.15) is 0 Å². The van der Waals surface area contributed by atoms with Gasteiger partial charge in [-0.25, -0.2) is 0 Å². The second-order valence-corrected chi connectivity index (χ2v) is 12.4. The van der Waals surface area contributed by atoms with Crippen LogP contribution < -0.4 is 0 Å². The lowest BCUT2D eigenvalue weighted by Crippen LogP contribution is -1.94. The fourth-order valence-electron chi connectivity index (χ4n) is 5.88. The molecule has 2 nitrogen and oxygen atoms in total. The third-order valence-corrected chi connectivity index (χ3v) is 8.55. The minimum atomic E-state index is 1.04. The van der Waals surface area contributed by atoms with Crippen molar-refractivity contribution in [3.63, 3.8) is 0 Å². The van der Waals surface area contributed by atoms with E-state index in [9.17, 15) is 0 Å². The molecule has 0 fully saturated rings. The number of rotatable bonds is 27. The molecule has 0 saturated carbocycles. The fourth-order valence-corrected chi connectivity index (χ4v) is 5.88. The Labute approximate surface area is 249 Å². The van der Waals surface area contributed by atoms with Crippen LogP contribution in [-0.4, -0.2) is 9.97 Å². The van der Waals surface area contributed by atoms with Crippen molar-refractivity contribution in [2.75, 3.05) is 0 Å². The van der Waals surface area contributed by atoms with E-state index in [-0.39, 0.29) is 0 Å². The Balaban J connectivity index is 1.55. The molecule has 0 aliphatic carbocycles. The first-order valence-electron chi connectivity index (χ1n) is 17.7. The van der Waals surface area contributed by atoms with E-state index in [2.05, 4.69) is 48.1 Å². The van der Waals surface area contributed by atoms with E-state index in [0.717, 1.165) is 24.2 Å². The largest absolute Gasteiger partial charge is 0.255 e. The normalized spacial score (nSPS) is 11.3. The van der Waals surface area contributed by atoms with Crippen molar-refractivity contribution in [2.24, 2.45) is 0 Å². The molecule has 2 aromatic heterocycles. The van der Waals surface area contributed by atoms with Gasteiger partial charge in [-0.1, -0.05) is 155 Å². The molecule has 0 aliphatic rings. The van der Waals surface area contributed by atoms with Gasteiger partial charge in [-0.15, -0.1) is 0 Å². The first kappa shape index (κ1) is 34.5. The molecule has 226 valence electrons. The molecule has 0 aromatic carbocycles. The number of hydrogen-bond donors (Lipinski definition) is 0. The van der Waals surface area contributed by atoms with Gasteiger partial charge in [0.15, 0.2) is 0 Å². The van der Waals surface area contributed by atoms with Crippen LogP contribution in [0, 0.1) is 0 Å². The van der Waals surface area contributed by atoms with E-state index < -0.39 is 0 Å². The van der Waals surface area contributed by atoms with E-state index in [0.29, 0.717) is 0 Å². The van der Waals surface area contributed by atoms with Crippen LogP contribution in [0.5, 0.6) is 0 Å². The quantitative estimate of drug-likeness (QED) is 0.104. The number of aromatic nitrogens is 2. The molecular formula is C38H64N2. The van der Waals surface area contributed by atoms with Crippen LogP contribution in [0.1, 0.15) is 179 Å². The van der Waals surface area contributed by atoms with Crippen molar-refractivity contribution in [1.82, 2.24) is 9.97 Å². The smallest absolute Gasteiger partial charge is 0.0888 e. The molecule has 2 heteroatoms. The summed E-state index contributed by atoms with van der Waals surface area (Å²) in [5.74, 6) is 0. The second kappa shape index (κ2) is 25.0. The predicted octanol–water partition coefficient (Wildman–Crippen LogP) is 12.6. The summed E-state index contributed by atoms with van der Waals surface area (Å²) in [5, 5.41) is 0. The van der Waals surface area contributed by atoms with Crippen molar-refractivity contribution >= 4 is 0 Å². The molecule has 2 aromatic rings. The lowest BCUT2D eigenvalue weighted by atomic mass is 10.0. The zero-order valence-corrected chi connectivity index (χ0v) is 26.7. The summed E-state index contributed by atoms with van der Waals surface area (Å²) < 4.78 is 0. The highest BCUT2D eigenvalue weighted by Crippen LogP contribution is 2.20. The van der Waals surface area contributed by atoms with Crippen molar-refractivity contribution in [2.45, 2.75) is 181 Å². The van der Waals surface area contributed by atoms with Gasteiger partial charge < -0.3 is 0 Å². The minimum Gasteiger partial charge on any atom is -0.255 e. The highest BCUT2D eigenvalue weighted by Gasteiger charge is 2.05. The van der Waals surface area contributed by atoms with E-state index in [4.69, 9.17) is 0 Å². The van der Waals surface area contributed by atoms with Crippen LogP contribution in [-0.2, 0) is 12.8 Å². The number of aryl methyl sites for hydroxylation is 2.